The fraction of sp³-hybridized carbons (Fsp3) is 0.625. The quantitative estimate of drug-likeness (QED) is 0.917. The first-order valence-corrected chi connectivity index (χ1v) is 7.61. The van der Waals surface area contributed by atoms with Crippen LogP contribution < -0.4 is 10.9 Å². The molecule has 1 aliphatic carbocycles. The molecule has 1 fully saturated rings. The number of amides is 1. The number of rotatable bonds is 4. The lowest BCUT2D eigenvalue weighted by Gasteiger charge is -2.23. The number of carbonyl (C=O) groups excluding carboxylic acids is 1. The van der Waals surface area contributed by atoms with Crippen molar-refractivity contribution in [2.24, 2.45) is 5.92 Å². The van der Waals surface area contributed by atoms with Crippen LogP contribution >= 0.6 is 0 Å². The van der Waals surface area contributed by atoms with Gasteiger partial charge in [-0.05, 0) is 36.8 Å². The average Bonchev–Trinajstić information content (AvgIpc) is 2.49. The van der Waals surface area contributed by atoms with Gasteiger partial charge in [0.15, 0.2) is 0 Å². The third-order valence-electron chi connectivity index (χ3n) is 4.20. The second kappa shape index (κ2) is 6.73. The molecule has 0 unspecified atom stereocenters. The van der Waals surface area contributed by atoms with E-state index in [0.717, 1.165) is 18.5 Å². The Kier molecular flexibility index (Phi) is 4.99. The number of aryl methyl sites for hydroxylation is 1. The second-order valence-corrected chi connectivity index (χ2v) is 5.66. The van der Waals surface area contributed by atoms with Crippen molar-refractivity contribution < 1.29 is 4.79 Å². The zero-order chi connectivity index (χ0) is 14.5. The molecule has 1 aliphatic rings. The lowest BCUT2D eigenvalue weighted by atomic mass is 9.89. The Hall–Kier alpha value is -1.58. The van der Waals surface area contributed by atoms with E-state index in [1.165, 1.54) is 32.1 Å². The summed E-state index contributed by atoms with van der Waals surface area (Å²) in [5.41, 5.74) is 1.15. The normalized spacial score (nSPS) is 16.1. The summed E-state index contributed by atoms with van der Waals surface area (Å²) >= 11 is 0. The van der Waals surface area contributed by atoms with Crippen molar-refractivity contribution in [1.82, 2.24) is 9.88 Å². The Bertz CT molecular complexity index is 528. The van der Waals surface area contributed by atoms with E-state index in [4.69, 9.17) is 0 Å². The van der Waals surface area contributed by atoms with Crippen molar-refractivity contribution >= 4 is 5.91 Å². The summed E-state index contributed by atoms with van der Waals surface area (Å²) in [5.74, 6) is 0.286. The maximum Gasteiger partial charge on any atom is 0.263 e. The molecule has 0 atom stereocenters. The van der Waals surface area contributed by atoms with E-state index in [-0.39, 0.29) is 17.0 Å². The molecule has 1 saturated carbocycles. The van der Waals surface area contributed by atoms with Gasteiger partial charge in [-0.25, -0.2) is 0 Å². The van der Waals surface area contributed by atoms with Crippen molar-refractivity contribution in [3.05, 3.63) is 33.7 Å². The van der Waals surface area contributed by atoms with E-state index in [0.29, 0.717) is 5.92 Å². The monoisotopic (exact) mass is 276 g/mol. The number of hydrogen-bond donors (Lipinski definition) is 1. The van der Waals surface area contributed by atoms with E-state index in [1.807, 2.05) is 13.1 Å². The number of carbonyl (C=O) groups is 1. The van der Waals surface area contributed by atoms with Gasteiger partial charge in [0.25, 0.3) is 11.5 Å². The fourth-order valence-electron chi connectivity index (χ4n) is 2.97. The molecular formula is C16H24N2O2. The number of nitrogens with one attached hydrogen (secondary N) is 1. The van der Waals surface area contributed by atoms with E-state index in [1.54, 1.807) is 17.7 Å². The van der Waals surface area contributed by atoms with Gasteiger partial charge >= 0.3 is 0 Å². The van der Waals surface area contributed by atoms with Gasteiger partial charge in [-0.3, -0.25) is 9.59 Å². The average molecular weight is 276 g/mol. The van der Waals surface area contributed by atoms with Crippen LogP contribution in [0.25, 0.3) is 0 Å². The summed E-state index contributed by atoms with van der Waals surface area (Å²) in [6, 6.07) is 1.72. The Morgan fingerprint density at radius 2 is 2.05 bits per heavy atom. The molecule has 1 N–H and O–H groups in total. The lowest BCUT2D eigenvalue weighted by molar-refractivity contribution is 0.0960. The zero-order valence-corrected chi connectivity index (χ0v) is 12.4. The minimum atomic E-state index is -0.289. The summed E-state index contributed by atoms with van der Waals surface area (Å²) in [6.45, 7) is 2.79. The Morgan fingerprint density at radius 1 is 1.35 bits per heavy atom. The van der Waals surface area contributed by atoms with Gasteiger partial charge < -0.3 is 9.88 Å². The first kappa shape index (κ1) is 14.8. The highest BCUT2D eigenvalue weighted by molar-refractivity contribution is 5.93. The van der Waals surface area contributed by atoms with Crippen molar-refractivity contribution in [3.8, 4) is 0 Å². The molecule has 110 valence electrons. The topological polar surface area (TPSA) is 51.1 Å². The Labute approximate surface area is 120 Å². The van der Waals surface area contributed by atoms with Crippen molar-refractivity contribution in [1.29, 1.82) is 0 Å². The summed E-state index contributed by atoms with van der Waals surface area (Å²) < 4.78 is 1.75. The van der Waals surface area contributed by atoms with Crippen LogP contribution in [-0.2, 0) is 13.0 Å². The molecule has 1 aromatic heterocycles. The fourth-order valence-corrected chi connectivity index (χ4v) is 2.97. The van der Waals surface area contributed by atoms with Crippen LogP contribution in [0, 0.1) is 5.92 Å². The highest BCUT2D eigenvalue weighted by Gasteiger charge is 2.17. The summed E-state index contributed by atoms with van der Waals surface area (Å²) in [5, 5.41) is 2.55. The van der Waals surface area contributed by atoms with Crippen molar-refractivity contribution in [3.63, 3.8) is 0 Å². The van der Waals surface area contributed by atoms with Gasteiger partial charge in [-0.1, -0.05) is 26.2 Å². The van der Waals surface area contributed by atoms with Gasteiger partial charge in [0.2, 0.25) is 0 Å². The minimum Gasteiger partial charge on any atom is -0.355 e. The van der Waals surface area contributed by atoms with Crippen LogP contribution in [0.15, 0.2) is 17.1 Å². The zero-order valence-electron chi connectivity index (χ0n) is 12.4. The Morgan fingerprint density at radius 3 is 2.65 bits per heavy atom. The number of aromatic nitrogens is 1. The highest BCUT2D eigenvalue weighted by atomic mass is 16.2. The number of hydrogen-bond acceptors (Lipinski definition) is 2. The molecular weight excluding hydrogens is 252 g/mol. The third-order valence-corrected chi connectivity index (χ3v) is 4.20. The molecule has 1 aromatic rings. The predicted octanol–water partition coefficient (Wildman–Crippen LogP) is 2.35. The molecule has 2 rings (SSSR count). The molecule has 0 saturated heterocycles. The van der Waals surface area contributed by atoms with Crippen LogP contribution in [0.5, 0.6) is 0 Å². The van der Waals surface area contributed by atoms with E-state index < -0.39 is 0 Å². The summed E-state index contributed by atoms with van der Waals surface area (Å²) in [6.07, 6.45) is 8.96. The molecule has 4 heteroatoms. The Balaban J connectivity index is 2.30. The minimum absolute atomic E-state index is 0.160. The van der Waals surface area contributed by atoms with E-state index >= 15 is 0 Å². The number of pyridine rings is 1. The van der Waals surface area contributed by atoms with Gasteiger partial charge in [0, 0.05) is 19.8 Å². The third kappa shape index (κ3) is 3.30. The molecule has 1 heterocycles. The van der Waals surface area contributed by atoms with Gasteiger partial charge in [-0.2, -0.15) is 0 Å². The molecule has 0 radical (unpaired) electrons. The first-order chi connectivity index (χ1) is 9.65. The molecule has 20 heavy (non-hydrogen) atoms. The summed E-state index contributed by atoms with van der Waals surface area (Å²) in [4.78, 5) is 24.2. The van der Waals surface area contributed by atoms with Gasteiger partial charge in [0.05, 0.1) is 0 Å². The van der Waals surface area contributed by atoms with Crippen LogP contribution in [0.3, 0.4) is 0 Å². The van der Waals surface area contributed by atoms with E-state index in [2.05, 4.69) is 5.32 Å². The van der Waals surface area contributed by atoms with Gasteiger partial charge in [-0.15, -0.1) is 0 Å². The van der Waals surface area contributed by atoms with Crippen LogP contribution in [0.1, 0.15) is 54.9 Å². The molecule has 4 nitrogen and oxygen atoms in total. The number of nitrogens with zero attached hydrogens (tertiary/aromatic N) is 1. The second-order valence-electron chi connectivity index (χ2n) is 5.66. The summed E-state index contributed by atoms with van der Waals surface area (Å²) in [7, 11) is 1.56. The first-order valence-electron chi connectivity index (χ1n) is 7.61. The van der Waals surface area contributed by atoms with Gasteiger partial charge in [0.1, 0.15) is 5.56 Å². The smallest absolute Gasteiger partial charge is 0.263 e. The molecule has 0 aliphatic heterocycles. The molecule has 0 bridgehead atoms. The van der Waals surface area contributed by atoms with Crippen LogP contribution in [0.2, 0.25) is 0 Å². The molecule has 0 spiro atoms. The highest BCUT2D eigenvalue weighted by Crippen LogP contribution is 2.24. The standard InChI is InChI=1S/C16H24N2O2/c1-3-12-9-14(15(19)17-2)16(20)18(10-12)11-13-7-5-4-6-8-13/h9-10,13H,3-8,11H2,1-2H3,(H,17,19). The van der Waals surface area contributed by atoms with Crippen LogP contribution in [0.4, 0.5) is 0 Å². The van der Waals surface area contributed by atoms with Crippen LogP contribution in [-0.4, -0.2) is 17.5 Å². The maximum atomic E-state index is 12.4. The molecule has 1 amide bonds. The predicted molar refractivity (Wildman–Crippen MR) is 80.0 cm³/mol. The maximum absolute atomic E-state index is 12.4. The SMILES string of the molecule is CCc1cc(C(=O)NC)c(=O)n(CC2CCCCC2)c1. The van der Waals surface area contributed by atoms with E-state index in [9.17, 15) is 9.59 Å². The molecule has 0 aromatic carbocycles. The lowest BCUT2D eigenvalue weighted by Crippen LogP contribution is -2.33. The van der Waals surface area contributed by atoms with Crippen molar-refractivity contribution in [2.75, 3.05) is 7.05 Å². The largest absolute Gasteiger partial charge is 0.355 e. The van der Waals surface area contributed by atoms with Crippen molar-refractivity contribution in [2.45, 2.75) is 52.0 Å².